The van der Waals surface area contributed by atoms with Gasteiger partial charge in [-0.1, -0.05) is 6.42 Å². The van der Waals surface area contributed by atoms with Crippen LogP contribution in [0.15, 0.2) is 4.99 Å². The number of nitrogens with two attached hydrogens (primary N) is 2. The van der Waals surface area contributed by atoms with Gasteiger partial charge in [0, 0.05) is 13.0 Å². The van der Waals surface area contributed by atoms with E-state index in [1.807, 2.05) is 0 Å². The summed E-state index contributed by atoms with van der Waals surface area (Å²) in [5.41, 5.74) is 10.3. The van der Waals surface area contributed by atoms with Crippen molar-refractivity contribution in [2.75, 3.05) is 20.1 Å². The lowest BCUT2D eigenvalue weighted by Gasteiger charge is -2.15. The third-order valence-electron chi connectivity index (χ3n) is 3.00. The molecule has 136 valence electrons. The normalized spacial score (nSPS) is 11.4. The van der Waals surface area contributed by atoms with Gasteiger partial charge >= 0.3 is 5.97 Å². The molecule has 0 unspecified atom stereocenters. The van der Waals surface area contributed by atoms with E-state index in [2.05, 4.69) is 15.6 Å². The van der Waals surface area contributed by atoms with E-state index in [0.717, 1.165) is 0 Å². The topological polar surface area (TPSA) is 177 Å². The van der Waals surface area contributed by atoms with Gasteiger partial charge in [-0.2, -0.15) is 0 Å². The Morgan fingerprint density at radius 1 is 1.12 bits per heavy atom. The first-order valence-corrected chi connectivity index (χ1v) is 7.56. The number of carbonyl (C=O) groups excluding carboxylic acids is 3. The van der Waals surface area contributed by atoms with Crippen molar-refractivity contribution in [3.05, 3.63) is 0 Å². The van der Waals surface area contributed by atoms with Gasteiger partial charge in [-0.05, 0) is 19.9 Å². The average Bonchev–Trinajstić information content (AvgIpc) is 2.48. The summed E-state index contributed by atoms with van der Waals surface area (Å²) < 4.78 is 0. The number of hydrogen-bond acceptors (Lipinski definition) is 6. The van der Waals surface area contributed by atoms with Crippen LogP contribution in [-0.2, 0) is 19.2 Å². The second-order valence-electron chi connectivity index (χ2n) is 5.15. The molecule has 0 heterocycles. The lowest BCUT2D eigenvalue weighted by atomic mass is 10.0. The van der Waals surface area contributed by atoms with Crippen LogP contribution in [0.3, 0.4) is 0 Å². The molecule has 0 bridgehead atoms. The summed E-state index contributed by atoms with van der Waals surface area (Å²) in [6.07, 6.45) is 1.11. The van der Waals surface area contributed by atoms with E-state index >= 15 is 0 Å². The molecule has 10 heteroatoms. The number of aliphatic carboxylic acids is 1. The van der Waals surface area contributed by atoms with Crippen LogP contribution in [0.1, 0.15) is 32.1 Å². The van der Waals surface area contributed by atoms with Crippen molar-refractivity contribution >= 4 is 29.4 Å². The van der Waals surface area contributed by atoms with Crippen molar-refractivity contribution in [1.29, 1.82) is 0 Å². The van der Waals surface area contributed by atoms with Crippen molar-refractivity contribution in [2.45, 2.75) is 38.1 Å². The lowest BCUT2D eigenvalue weighted by Crippen LogP contribution is -2.47. The molecule has 10 nitrogen and oxygen atoms in total. The van der Waals surface area contributed by atoms with Crippen LogP contribution in [0.2, 0.25) is 0 Å². The van der Waals surface area contributed by atoms with E-state index in [4.69, 9.17) is 16.6 Å². The number of likely N-dealkylation sites (N-methyl/N-ethyl adjacent to an activating group) is 1. The van der Waals surface area contributed by atoms with Crippen molar-refractivity contribution < 1.29 is 24.3 Å². The van der Waals surface area contributed by atoms with Gasteiger partial charge in [0.15, 0.2) is 5.96 Å². The molecule has 0 spiro atoms. The lowest BCUT2D eigenvalue weighted by molar-refractivity contribution is -0.143. The maximum atomic E-state index is 12.0. The van der Waals surface area contributed by atoms with E-state index in [1.165, 1.54) is 7.05 Å². The number of carboxylic acid groups (broad SMARTS) is 1. The molecule has 0 aromatic rings. The first-order valence-electron chi connectivity index (χ1n) is 7.56. The Morgan fingerprint density at radius 3 is 2.33 bits per heavy atom. The SMILES string of the molecule is CNCC(=O)N[C@@H](CC(=O)O)C(=O)C(=O)CCCCCN=C(N)N. The van der Waals surface area contributed by atoms with Crippen molar-refractivity contribution in [3.63, 3.8) is 0 Å². The number of nitrogens with zero attached hydrogens (tertiary/aromatic N) is 1. The van der Waals surface area contributed by atoms with Gasteiger partial charge in [0.1, 0.15) is 6.04 Å². The molecule has 0 radical (unpaired) electrons. The summed E-state index contributed by atoms with van der Waals surface area (Å²) in [6, 6.07) is -1.35. The van der Waals surface area contributed by atoms with Crippen LogP contribution in [0.5, 0.6) is 0 Å². The van der Waals surface area contributed by atoms with Crippen molar-refractivity contribution in [3.8, 4) is 0 Å². The maximum absolute atomic E-state index is 12.0. The largest absolute Gasteiger partial charge is 0.481 e. The molecule has 24 heavy (non-hydrogen) atoms. The summed E-state index contributed by atoms with van der Waals surface area (Å²) >= 11 is 0. The molecule has 0 saturated carbocycles. The predicted octanol–water partition coefficient (Wildman–Crippen LogP) is -1.86. The molecule has 0 saturated heterocycles. The van der Waals surface area contributed by atoms with E-state index in [9.17, 15) is 19.2 Å². The monoisotopic (exact) mass is 343 g/mol. The summed E-state index contributed by atoms with van der Waals surface area (Å²) in [5, 5.41) is 13.6. The molecule has 1 amide bonds. The Labute approximate surface area is 140 Å². The van der Waals surface area contributed by atoms with Crippen LogP contribution in [-0.4, -0.2) is 60.7 Å². The van der Waals surface area contributed by atoms with Gasteiger partial charge in [-0.3, -0.25) is 24.2 Å². The van der Waals surface area contributed by atoms with Crippen LogP contribution < -0.4 is 22.1 Å². The van der Waals surface area contributed by atoms with Gasteiger partial charge < -0.3 is 27.2 Å². The molecule has 0 aromatic carbocycles. The van der Waals surface area contributed by atoms with E-state index in [-0.39, 0.29) is 18.9 Å². The zero-order valence-electron chi connectivity index (χ0n) is 13.7. The molecule has 0 aromatic heterocycles. The Balaban J connectivity index is 4.39. The number of hydrogen-bond donors (Lipinski definition) is 5. The second-order valence-corrected chi connectivity index (χ2v) is 5.15. The number of rotatable bonds is 13. The Kier molecular flexibility index (Phi) is 10.8. The smallest absolute Gasteiger partial charge is 0.305 e. The van der Waals surface area contributed by atoms with Gasteiger partial charge in [-0.15, -0.1) is 0 Å². The minimum Gasteiger partial charge on any atom is -0.481 e. The molecule has 0 aliphatic carbocycles. The Hall–Kier alpha value is -2.49. The first-order chi connectivity index (χ1) is 11.3. The number of Topliss-reactive ketones (excluding diaryl/α,β-unsaturated/α-hetero) is 2. The minimum absolute atomic E-state index is 0.00456. The fourth-order valence-electron chi connectivity index (χ4n) is 1.89. The number of ketones is 2. The third-order valence-corrected chi connectivity index (χ3v) is 3.00. The average molecular weight is 343 g/mol. The van der Waals surface area contributed by atoms with Crippen LogP contribution >= 0.6 is 0 Å². The zero-order valence-corrected chi connectivity index (χ0v) is 13.7. The highest BCUT2D eigenvalue weighted by Crippen LogP contribution is 2.05. The van der Waals surface area contributed by atoms with Gasteiger partial charge in [-0.25, -0.2) is 0 Å². The number of unbranched alkanes of at least 4 members (excludes halogenated alkanes) is 2. The fourth-order valence-corrected chi connectivity index (χ4v) is 1.89. The summed E-state index contributed by atoms with van der Waals surface area (Å²) in [4.78, 5) is 50.0. The minimum atomic E-state index is -1.35. The van der Waals surface area contributed by atoms with Crippen molar-refractivity contribution in [1.82, 2.24) is 10.6 Å². The molecule has 0 aliphatic heterocycles. The van der Waals surface area contributed by atoms with Crippen molar-refractivity contribution in [2.24, 2.45) is 16.5 Å². The summed E-state index contributed by atoms with van der Waals surface area (Å²) in [6.45, 7) is 0.356. The van der Waals surface area contributed by atoms with E-state index < -0.39 is 35.9 Å². The molecule has 0 fully saturated rings. The highest BCUT2D eigenvalue weighted by atomic mass is 16.4. The molecular weight excluding hydrogens is 318 g/mol. The molecule has 0 aliphatic rings. The number of nitrogens with one attached hydrogen (secondary N) is 2. The first kappa shape index (κ1) is 21.5. The van der Waals surface area contributed by atoms with E-state index in [0.29, 0.717) is 25.8 Å². The second kappa shape index (κ2) is 12.0. The van der Waals surface area contributed by atoms with Crippen LogP contribution in [0, 0.1) is 0 Å². The quantitative estimate of drug-likeness (QED) is 0.112. The Morgan fingerprint density at radius 2 is 1.79 bits per heavy atom. The maximum Gasteiger partial charge on any atom is 0.305 e. The molecule has 0 rings (SSSR count). The van der Waals surface area contributed by atoms with Gasteiger partial charge in [0.25, 0.3) is 0 Å². The molecule has 7 N–H and O–H groups in total. The predicted molar refractivity (Wildman–Crippen MR) is 87.3 cm³/mol. The van der Waals surface area contributed by atoms with E-state index in [1.54, 1.807) is 0 Å². The van der Waals surface area contributed by atoms with Gasteiger partial charge in [0.2, 0.25) is 17.5 Å². The number of guanidine groups is 1. The number of amides is 1. The third kappa shape index (κ3) is 10.3. The number of aliphatic imine (C=N–C) groups is 1. The van der Waals surface area contributed by atoms with Crippen LogP contribution in [0.25, 0.3) is 0 Å². The summed E-state index contributed by atoms with van der Waals surface area (Å²) in [7, 11) is 1.53. The highest BCUT2D eigenvalue weighted by Gasteiger charge is 2.28. The number of carbonyl (C=O) groups is 4. The number of carboxylic acids is 1. The highest BCUT2D eigenvalue weighted by molar-refractivity contribution is 6.39. The van der Waals surface area contributed by atoms with Crippen LogP contribution in [0.4, 0.5) is 0 Å². The zero-order chi connectivity index (χ0) is 18.5. The molecule has 1 atom stereocenters. The fraction of sp³-hybridized carbons (Fsp3) is 0.643. The standard InChI is InChI=1S/C14H25N5O5/c1-17-8-11(21)19-9(7-12(22)23)13(24)10(20)5-3-2-4-6-18-14(15)16/h9,17H,2-8H2,1H3,(H,19,21)(H,22,23)(H4,15,16,18)/t9-/m0/s1. The van der Waals surface area contributed by atoms with Gasteiger partial charge in [0.05, 0.1) is 13.0 Å². The summed E-state index contributed by atoms with van der Waals surface area (Å²) in [5.74, 6) is -3.43. The molecular formula is C14H25N5O5. The Bertz CT molecular complexity index is 488.